The van der Waals surface area contributed by atoms with Gasteiger partial charge in [0.1, 0.15) is 0 Å². The highest BCUT2D eigenvalue weighted by Crippen LogP contribution is 2.49. The zero-order valence-electron chi connectivity index (χ0n) is 16.7. The molecule has 0 aromatic heterocycles. The smallest absolute Gasteiger partial charge is 0.336 e. The van der Waals surface area contributed by atoms with Crippen LogP contribution in [0.15, 0.2) is 57.7 Å². The number of carbonyl (C=O) groups is 2. The van der Waals surface area contributed by atoms with Gasteiger partial charge in [0, 0.05) is 28.3 Å². The van der Waals surface area contributed by atoms with E-state index in [2.05, 4.69) is 21.2 Å². The predicted molar refractivity (Wildman–Crippen MR) is 115 cm³/mol. The van der Waals surface area contributed by atoms with Gasteiger partial charge in [-0.2, -0.15) is 0 Å². The third-order valence-corrected chi connectivity index (χ3v) is 5.94. The summed E-state index contributed by atoms with van der Waals surface area (Å²) < 4.78 is 11.0. The lowest BCUT2D eigenvalue weighted by Gasteiger charge is -2.29. The molecule has 0 bridgehead atoms. The number of Topliss-reactive ketones (excluding diaryl/α,β-unsaturated/α-hetero) is 1. The molecule has 0 saturated carbocycles. The Hall–Kier alpha value is -3.06. The Kier molecular flexibility index (Phi) is 5.15. The molecule has 2 aromatic carbocycles. The van der Waals surface area contributed by atoms with Gasteiger partial charge in [-0.15, -0.1) is 0 Å². The quantitative estimate of drug-likeness (QED) is 0.649. The number of carbonyl (C=O) groups excluding carboxylic acids is 2. The van der Waals surface area contributed by atoms with Crippen molar-refractivity contribution >= 4 is 33.4 Å². The molecule has 2 N–H and O–H groups in total. The molecule has 30 heavy (non-hydrogen) atoms. The van der Waals surface area contributed by atoms with Gasteiger partial charge in [0.2, 0.25) is 0 Å². The second-order valence-electron chi connectivity index (χ2n) is 7.03. The number of esters is 1. The van der Waals surface area contributed by atoms with E-state index in [1.165, 1.54) is 7.11 Å². The van der Waals surface area contributed by atoms with Crippen LogP contribution in [-0.2, 0) is 9.53 Å². The number of methoxy groups -OCH3 is 1. The van der Waals surface area contributed by atoms with E-state index in [0.29, 0.717) is 44.7 Å². The third kappa shape index (κ3) is 3.01. The maximum Gasteiger partial charge on any atom is 0.336 e. The van der Waals surface area contributed by atoms with Crippen LogP contribution in [0.4, 0.5) is 0 Å². The molecule has 7 heteroatoms. The number of halogens is 1. The molecule has 0 spiro atoms. The van der Waals surface area contributed by atoms with Gasteiger partial charge < -0.3 is 19.9 Å². The van der Waals surface area contributed by atoms with Crippen molar-refractivity contribution < 1.29 is 24.2 Å². The van der Waals surface area contributed by atoms with E-state index in [-0.39, 0.29) is 17.3 Å². The van der Waals surface area contributed by atoms with Crippen molar-refractivity contribution in [3.05, 3.63) is 74.4 Å². The maximum atomic E-state index is 13.4. The van der Waals surface area contributed by atoms with Crippen LogP contribution in [0.25, 0.3) is 5.70 Å². The summed E-state index contributed by atoms with van der Waals surface area (Å²) in [5.74, 6) is -1.11. The number of ketones is 1. The second kappa shape index (κ2) is 7.65. The number of fused-ring (bicyclic) bond motifs is 2. The van der Waals surface area contributed by atoms with Crippen molar-refractivity contribution in [2.24, 2.45) is 0 Å². The number of aromatic hydroxyl groups is 1. The van der Waals surface area contributed by atoms with Crippen molar-refractivity contribution in [1.29, 1.82) is 0 Å². The fourth-order valence-corrected chi connectivity index (χ4v) is 4.53. The molecule has 0 radical (unpaired) electrons. The fraction of sp³-hybridized carbons (Fsp3) is 0.217. The summed E-state index contributed by atoms with van der Waals surface area (Å²) in [4.78, 5) is 26.1. The standard InChI is InChI=1S/C23H20BrNO5/c1-4-30-16-10-12(9-15(24)22(16)27)18-17(23(28)29-3)11(2)25-20-13-7-5-6-8-14(13)21(26)19(18)20/h5-10,18,25,27H,4H2,1-3H3/t18-/m0/s1. The van der Waals surface area contributed by atoms with Gasteiger partial charge in [-0.05, 0) is 47.5 Å². The largest absolute Gasteiger partial charge is 0.503 e. The van der Waals surface area contributed by atoms with Gasteiger partial charge in [0.05, 0.1) is 29.5 Å². The Morgan fingerprint density at radius 1 is 1.23 bits per heavy atom. The highest BCUT2D eigenvalue weighted by atomic mass is 79.9. The summed E-state index contributed by atoms with van der Waals surface area (Å²) in [6.45, 7) is 3.95. The molecule has 1 aliphatic carbocycles. The average Bonchev–Trinajstić information content (AvgIpc) is 3.02. The monoisotopic (exact) mass is 469 g/mol. The van der Waals surface area contributed by atoms with Gasteiger partial charge in [0.15, 0.2) is 17.3 Å². The van der Waals surface area contributed by atoms with E-state index in [0.717, 1.165) is 5.56 Å². The molecule has 2 aliphatic rings. The summed E-state index contributed by atoms with van der Waals surface area (Å²) >= 11 is 3.36. The summed E-state index contributed by atoms with van der Waals surface area (Å²) in [5.41, 5.74) is 4.14. The fourth-order valence-electron chi connectivity index (χ4n) is 4.07. The first kappa shape index (κ1) is 20.2. The molecule has 1 atom stereocenters. The van der Waals surface area contributed by atoms with Crippen molar-refractivity contribution in [3.8, 4) is 11.5 Å². The van der Waals surface area contributed by atoms with E-state index in [9.17, 15) is 14.7 Å². The molecule has 1 heterocycles. The van der Waals surface area contributed by atoms with Gasteiger partial charge in [-0.25, -0.2) is 4.79 Å². The van der Waals surface area contributed by atoms with Crippen LogP contribution in [-0.4, -0.2) is 30.6 Å². The highest BCUT2D eigenvalue weighted by Gasteiger charge is 2.43. The van der Waals surface area contributed by atoms with Crippen molar-refractivity contribution in [1.82, 2.24) is 5.32 Å². The van der Waals surface area contributed by atoms with E-state index >= 15 is 0 Å². The van der Waals surface area contributed by atoms with E-state index in [4.69, 9.17) is 9.47 Å². The maximum absolute atomic E-state index is 13.4. The van der Waals surface area contributed by atoms with Crippen LogP contribution in [0.3, 0.4) is 0 Å². The van der Waals surface area contributed by atoms with E-state index < -0.39 is 11.9 Å². The number of hydrogen-bond donors (Lipinski definition) is 2. The first-order valence-electron chi connectivity index (χ1n) is 9.48. The minimum absolute atomic E-state index is 0.0370. The van der Waals surface area contributed by atoms with Gasteiger partial charge in [-0.1, -0.05) is 24.3 Å². The molecule has 4 rings (SSSR count). The normalized spacial score (nSPS) is 17.5. The zero-order chi connectivity index (χ0) is 21.6. The van der Waals surface area contributed by atoms with E-state index in [1.54, 1.807) is 25.1 Å². The summed E-state index contributed by atoms with van der Waals surface area (Å²) in [6.07, 6.45) is 0. The Morgan fingerprint density at radius 3 is 2.60 bits per heavy atom. The highest BCUT2D eigenvalue weighted by molar-refractivity contribution is 9.10. The van der Waals surface area contributed by atoms with Crippen molar-refractivity contribution in [2.75, 3.05) is 13.7 Å². The second-order valence-corrected chi connectivity index (χ2v) is 7.89. The van der Waals surface area contributed by atoms with Crippen molar-refractivity contribution in [2.45, 2.75) is 19.8 Å². The number of dihydropyridines is 1. The molecular formula is C23H20BrNO5. The SMILES string of the molecule is CCOc1cc([C@H]2C(C(=O)OC)=C(C)NC3=C2C(=O)c2ccccc23)cc(Br)c1O. The lowest BCUT2D eigenvalue weighted by Crippen LogP contribution is -2.29. The third-order valence-electron chi connectivity index (χ3n) is 5.34. The molecule has 1 aliphatic heterocycles. The minimum Gasteiger partial charge on any atom is -0.503 e. The molecule has 0 unspecified atom stereocenters. The number of phenolic OH excluding ortho intramolecular Hbond substituents is 1. The topological polar surface area (TPSA) is 84.9 Å². The van der Waals surface area contributed by atoms with Crippen LogP contribution in [0.2, 0.25) is 0 Å². The lowest BCUT2D eigenvalue weighted by molar-refractivity contribution is -0.136. The van der Waals surface area contributed by atoms with Crippen LogP contribution in [0.1, 0.15) is 41.3 Å². The number of ether oxygens (including phenoxy) is 2. The van der Waals surface area contributed by atoms with Crippen LogP contribution in [0.5, 0.6) is 11.5 Å². The molecule has 0 saturated heterocycles. The Balaban J connectivity index is 1.97. The summed E-state index contributed by atoms with van der Waals surface area (Å²) in [5, 5.41) is 13.6. The first-order valence-corrected chi connectivity index (χ1v) is 10.3. The molecular weight excluding hydrogens is 450 g/mol. The Labute approximate surface area is 182 Å². The molecule has 0 fully saturated rings. The zero-order valence-corrected chi connectivity index (χ0v) is 18.3. The molecule has 6 nitrogen and oxygen atoms in total. The van der Waals surface area contributed by atoms with Crippen LogP contribution >= 0.6 is 15.9 Å². The first-order chi connectivity index (χ1) is 14.4. The van der Waals surface area contributed by atoms with Gasteiger partial charge >= 0.3 is 5.97 Å². The van der Waals surface area contributed by atoms with Crippen LogP contribution in [0, 0.1) is 0 Å². The van der Waals surface area contributed by atoms with Crippen molar-refractivity contribution in [3.63, 3.8) is 0 Å². The van der Waals surface area contributed by atoms with Gasteiger partial charge in [0.25, 0.3) is 0 Å². The predicted octanol–water partition coefficient (Wildman–Crippen LogP) is 4.29. The average molecular weight is 470 g/mol. The van der Waals surface area contributed by atoms with Gasteiger partial charge in [-0.3, -0.25) is 4.79 Å². The summed E-state index contributed by atoms with van der Waals surface area (Å²) in [7, 11) is 1.31. The number of phenols is 1. The summed E-state index contributed by atoms with van der Waals surface area (Å²) in [6, 6.07) is 10.7. The number of hydrogen-bond acceptors (Lipinski definition) is 6. The Morgan fingerprint density at radius 2 is 1.93 bits per heavy atom. The Bertz CT molecular complexity index is 1150. The number of allylic oxidation sites excluding steroid dienone is 2. The van der Waals surface area contributed by atoms with E-state index in [1.807, 2.05) is 25.1 Å². The number of nitrogens with one attached hydrogen (secondary N) is 1. The molecule has 154 valence electrons. The number of rotatable bonds is 4. The number of benzene rings is 2. The minimum atomic E-state index is -0.676. The molecule has 2 aromatic rings. The molecule has 0 amide bonds. The lowest BCUT2D eigenvalue weighted by atomic mass is 9.79. The van der Waals surface area contributed by atoms with Crippen LogP contribution < -0.4 is 10.1 Å².